The summed E-state index contributed by atoms with van der Waals surface area (Å²) in [7, 11) is 1.50. The standard InChI is InChI=1S/C20H27NO4/c1-24-19-13-15(7-9-18(19)22)8-10-20(23)25-14-16-5-4-12-21-11-3-2-6-17(16)21/h7-10,13,16-17,22H,2-6,11-12,14H2,1H3/b10-8+/t16-,17?/m1/s1. The van der Waals surface area contributed by atoms with Crippen LogP contribution in [0.5, 0.6) is 11.5 Å². The van der Waals surface area contributed by atoms with Crippen molar-refractivity contribution in [2.24, 2.45) is 5.92 Å². The number of benzene rings is 1. The molecule has 0 saturated carbocycles. The number of carbonyl (C=O) groups is 1. The fourth-order valence-corrected chi connectivity index (χ4v) is 3.97. The summed E-state index contributed by atoms with van der Waals surface area (Å²) in [5, 5.41) is 9.59. The maximum absolute atomic E-state index is 12.0. The van der Waals surface area contributed by atoms with E-state index < -0.39 is 0 Å². The molecule has 0 amide bonds. The van der Waals surface area contributed by atoms with Crippen molar-refractivity contribution in [3.05, 3.63) is 29.8 Å². The molecule has 3 rings (SSSR count). The second-order valence-electron chi connectivity index (χ2n) is 6.90. The summed E-state index contributed by atoms with van der Waals surface area (Å²) in [6.07, 6.45) is 9.27. The van der Waals surface area contributed by atoms with Crippen LogP contribution in [0, 0.1) is 5.92 Å². The van der Waals surface area contributed by atoms with E-state index in [1.165, 1.54) is 52.0 Å². The molecule has 2 aliphatic rings. The van der Waals surface area contributed by atoms with Crippen molar-refractivity contribution in [3.63, 3.8) is 0 Å². The summed E-state index contributed by atoms with van der Waals surface area (Å²) >= 11 is 0. The Morgan fingerprint density at radius 2 is 2.12 bits per heavy atom. The van der Waals surface area contributed by atoms with Gasteiger partial charge >= 0.3 is 5.97 Å². The zero-order valence-electron chi connectivity index (χ0n) is 14.8. The van der Waals surface area contributed by atoms with E-state index in [0.717, 1.165) is 12.0 Å². The van der Waals surface area contributed by atoms with Crippen molar-refractivity contribution in [1.82, 2.24) is 4.90 Å². The van der Waals surface area contributed by atoms with Gasteiger partial charge < -0.3 is 14.6 Å². The first-order valence-corrected chi connectivity index (χ1v) is 9.13. The molecule has 5 heteroatoms. The number of nitrogens with zero attached hydrogens (tertiary/aromatic N) is 1. The number of hydrogen-bond acceptors (Lipinski definition) is 5. The lowest BCUT2D eigenvalue weighted by Crippen LogP contribution is -2.49. The number of phenols is 1. The van der Waals surface area contributed by atoms with Gasteiger partial charge in [0.15, 0.2) is 11.5 Å². The number of rotatable bonds is 5. The molecule has 2 heterocycles. The number of esters is 1. The summed E-state index contributed by atoms with van der Waals surface area (Å²) < 4.78 is 10.6. The number of methoxy groups -OCH3 is 1. The molecule has 0 radical (unpaired) electrons. The fourth-order valence-electron chi connectivity index (χ4n) is 3.97. The van der Waals surface area contributed by atoms with E-state index >= 15 is 0 Å². The molecule has 5 nitrogen and oxygen atoms in total. The van der Waals surface area contributed by atoms with Gasteiger partial charge in [0, 0.05) is 18.0 Å². The maximum Gasteiger partial charge on any atom is 0.330 e. The number of phenolic OH excluding ortho intramolecular Hbond substituents is 1. The molecule has 1 unspecified atom stereocenters. The molecule has 2 saturated heterocycles. The molecule has 0 aromatic heterocycles. The molecule has 2 aliphatic heterocycles. The molecule has 0 aliphatic carbocycles. The topological polar surface area (TPSA) is 59.0 Å². The summed E-state index contributed by atoms with van der Waals surface area (Å²) in [6.45, 7) is 2.89. The maximum atomic E-state index is 12.0. The largest absolute Gasteiger partial charge is 0.504 e. The average molecular weight is 345 g/mol. The molecule has 25 heavy (non-hydrogen) atoms. The Hall–Kier alpha value is -2.01. The number of ether oxygens (including phenoxy) is 2. The highest BCUT2D eigenvalue weighted by Crippen LogP contribution is 2.31. The number of carbonyl (C=O) groups excluding carboxylic acids is 1. The third-order valence-electron chi connectivity index (χ3n) is 5.28. The second-order valence-corrected chi connectivity index (χ2v) is 6.90. The van der Waals surface area contributed by atoms with Crippen molar-refractivity contribution < 1.29 is 19.4 Å². The summed E-state index contributed by atoms with van der Waals surface area (Å²) in [5.74, 6) is 0.604. The highest BCUT2D eigenvalue weighted by Gasteiger charge is 2.33. The SMILES string of the molecule is COc1cc(/C=C/C(=O)OC[C@H]2CCCN3CCCCC23)ccc1O. The average Bonchev–Trinajstić information content (AvgIpc) is 2.65. The van der Waals surface area contributed by atoms with Crippen LogP contribution < -0.4 is 4.74 Å². The summed E-state index contributed by atoms with van der Waals surface area (Å²) in [4.78, 5) is 14.6. The first kappa shape index (κ1) is 17.8. The molecule has 1 aromatic rings. The Morgan fingerprint density at radius 3 is 2.96 bits per heavy atom. The highest BCUT2D eigenvalue weighted by atomic mass is 16.5. The van der Waals surface area contributed by atoms with Crippen LogP contribution in [0.25, 0.3) is 6.08 Å². The van der Waals surface area contributed by atoms with Gasteiger partial charge in [-0.2, -0.15) is 0 Å². The van der Waals surface area contributed by atoms with Crippen LogP contribution in [0.2, 0.25) is 0 Å². The smallest absolute Gasteiger partial charge is 0.330 e. The van der Waals surface area contributed by atoms with Crippen LogP contribution in [-0.2, 0) is 9.53 Å². The van der Waals surface area contributed by atoms with E-state index in [1.807, 2.05) is 0 Å². The van der Waals surface area contributed by atoms with Gasteiger partial charge in [0.25, 0.3) is 0 Å². The Kier molecular flexibility index (Phi) is 5.97. The molecule has 136 valence electrons. The molecule has 2 fully saturated rings. The Morgan fingerprint density at radius 1 is 1.28 bits per heavy atom. The third-order valence-corrected chi connectivity index (χ3v) is 5.28. The van der Waals surface area contributed by atoms with E-state index in [2.05, 4.69) is 4.90 Å². The monoisotopic (exact) mass is 345 g/mol. The Bertz CT molecular complexity index is 626. The fraction of sp³-hybridized carbons (Fsp3) is 0.550. The predicted octanol–water partition coefficient (Wildman–Crippen LogP) is 3.22. The summed E-state index contributed by atoms with van der Waals surface area (Å²) in [6, 6.07) is 5.53. The van der Waals surface area contributed by atoms with Crippen molar-refractivity contribution in [3.8, 4) is 11.5 Å². The van der Waals surface area contributed by atoms with Gasteiger partial charge in [-0.1, -0.05) is 12.5 Å². The molecular formula is C20H27NO4. The lowest BCUT2D eigenvalue weighted by atomic mass is 9.84. The van der Waals surface area contributed by atoms with Gasteiger partial charge in [0.2, 0.25) is 0 Å². The van der Waals surface area contributed by atoms with E-state index in [4.69, 9.17) is 9.47 Å². The van der Waals surface area contributed by atoms with Gasteiger partial charge in [-0.05, 0) is 62.5 Å². The van der Waals surface area contributed by atoms with Crippen molar-refractivity contribution in [2.75, 3.05) is 26.8 Å². The van der Waals surface area contributed by atoms with Crippen LogP contribution >= 0.6 is 0 Å². The minimum atomic E-state index is -0.319. The van der Waals surface area contributed by atoms with Crippen LogP contribution in [0.15, 0.2) is 24.3 Å². The molecule has 2 atom stereocenters. The van der Waals surface area contributed by atoms with Crippen LogP contribution in [0.3, 0.4) is 0 Å². The quantitative estimate of drug-likeness (QED) is 0.656. The number of fused-ring (bicyclic) bond motifs is 1. The van der Waals surface area contributed by atoms with Crippen molar-refractivity contribution in [1.29, 1.82) is 0 Å². The van der Waals surface area contributed by atoms with Gasteiger partial charge in [-0.25, -0.2) is 4.79 Å². The Balaban J connectivity index is 1.52. The molecule has 0 spiro atoms. The predicted molar refractivity (Wildman–Crippen MR) is 96.6 cm³/mol. The third kappa shape index (κ3) is 4.54. The first-order valence-electron chi connectivity index (χ1n) is 9.13. The van der Waals surface area contributed by atoms with E-state index in [9.17, 15) is 9.90 Å². The van der Waals surface area contributed by atoms with Gasteiger partial charge in [-0.15, -0.1) is 0 Å². The number of piperidine rings is 2. The van der Waals surface area contributed by atoms with Gasteiger partial charge in [0.1, 0.15) is 0 Å². The van der Waals surface area contributed by atoms with E-state index in [1.54, 1.807) is 24.3 Å². The molecule has 1 aromatic carbocycles. The lowest BCUT2D eigenvalue weighted by molar-refractivity contribution is -0.140. The summed E-state index contributed by atoms with van der Waals surface area (Å²) in [5.41, 5.74) is 0.780. The van der Waals surface area contributed by atoms with Gasteiger partial charge in [-0.3, -0.25) is 4.90 Å². The minimum absolute atomic E-state index is 0.0801. The molecule has 0 bridgehead atoms. The Labute approximate surface area is 149 Å². The van der Waals surface area contributed by atoms with Crippen molar-refractivity contribution >= 4 is 12.0 Å². The van der Waals surface area contributed by atoms with E-state index in [-0.39, 0.29) is 11.7 Å². The van der Waals surface area contributed by atoms with Gasteiger partial charge in [0.05, 0.1) is 13.7 Å². The number of aromatic hydroxyl groups is 1. The normalized spacial score (nSPS) is 24.0. The zero-order chi connectivity index (χ0) is 17.6. The van der Waals surface area contributed by atoms with E-state index in [0.29, 0.717) is 24.3 Å². The second kappa shape index (κ2) is 8.39. The van der Waals surface area contributed by atoms with Crippen LogP contribution in [0.4, 0.5) is 0 Å². The highest BCUT2D eigenvalue weighted by molar-refractivity contribution is 5.87. The number of hydrogen-bond donors (Lipinski definition) is 1. The van der Waals surface area contributed by atoms with Crippen LogP contribution in [-0.4, -0.2) is 48.8 Å². The first-order chi connectivity index (χ1) is 12.2. The van der Waals surface area contributed by atoms with Crippen molar-refractivity contribution in [2.45, 2.75) is 38.1 Å². The molecule has 1 N–H and O–H groups in total. The minimum Gasteiger partial charge on any atom is -0.504 e. The molecular weight excluding hydrogens is 318 g/mol. The zero-order valence-corrected chi connectivity index (χ0v) is 14.8. The lowest BCUT2D eigenvalue weighted by Gasteiger charge is -2.44. The van der Waals surface area contributed by atoms with Crippen LogP contribution in [0.1, 0.15) is 37.7 Å².